The van der Waals surface area contributed by atoms with Gasteiger partial charge in [-0.25, -0.2) is 0 Å². The Morgan fingerprint density at radius 1 is 1.24 bits per heavy atom. The molecule has 0 aromatic heterocycles. The lowest BCUT2D eigenvalue weighted by Gasteiger charge is -2.35. The summed E-state index contributed by atoms with van der Waals surface area (Å²) < 4.78 is 5.42. The highest BCUT2D eigenvalue weighted by Gasteiger charge is 2.25. The summed E-state index contributed by atoms with van der Waals surface area (Å²) in [7, 11) is 0. The number of piperazine rings is 1. The molecule has 0 bridgehead atoms. The summed E-state index contributed by atoms with van der Waals surface area (Å²) in [6.45, 7) is 6.32. The molecule has 3 rings (SSSR count). The van der Waals surface area contributed by atoms with E-state index >= 15 is 0 Å². The molecule has 2 N–H and O–H groups in total. The monoisotopic (exact) mass is 289 g/mol. The molecule has 2 saturated heterocycles. The van der Waals surface area contributed by atoms with Gasteiger partial charge in [0.1, 0.15) is 0 Å². The first-order valence-corrected chi connectivity index (χ1v) is 7.68. The number of rotatable bonds is 3. The Hall–Kier alpha value is -1.59. The maximum atomic E-state index is 12.5. The molecule has 1 amide bonds. The van der Waals surface area contributed by atoms with Crippen molar-refractivity contribution >= 4 is 11.6 Å². The minimum atomic E-state index is 0.0527. The van der Waals surface area contributed by atoms with Crippen LogP contribution in [0.25, 0.3) is 0 Å². The van der Waals surface area contributed by atoms with E-state index in [1.165, 1.54) is 6.42 Å². The van der Waals surface area contributed by atoms with Gasteiger partial charge in [0.15, 0.2) is 0 Å². The minimum Gasteiger partial charge on any atom is -0.398 e. The van der Waals surface area contributed by atoms with Crippen LogP contribution in [0.2, 0.25) is 0 Å². The van der Waals surface area contributed by atoms with Gasteiger partial charge < -0.3 is 15.4 Å². The zero-order valence-corrected chi connectivity index (χ0v) is 12.3. The van der Waals surface area contributed by atoms with Crippen molar-refractivity contribution in [3.8, 4) is 0 Å². The van der Waals surface area contributed by atoms with Gasteiger partial charge in [0, 0.05) is 45.0 Å². The first-order valence-electron chi connectivity index (χ1n) is 7.68. The number of carbonyl (C=O) groups excluding carboxylic acids is 1. The number of anilines is 1. The molecule has 2 fully saturated rings. The first kappa shape index (κ1) is 14.4. The largest absolute Gasteiger partial charge is 0.398 e. The maximum Gasteiger partial charge on any atom is 0.256 e. The van der Waals surface area contributed by atoms with Gasteiger partial charge in [-0.2, -0.15) is 0 Å². The SMILES string of the molecule is Nc1ccccc1C(=O)N1CCN(CC2CCOC2)CC1. The highest BCUT2D eigenvalue weighted by atomic mass is 16.5. The second kappa shape index (κ2) is 6.45. The van der Waals surface area contributed by atoms with Crippen LogP contribution >= 0.6 is 0 Å². The Morgan fingerprint density at radius 3 is 2.67 bits per heavy atom. The van der Waals surface area contributed by atoms with Gasteiger partial charge in [0.05, 0.1) is 12.2 Å². The summed E-state index contributed by atoms with van der Waals surface area (Å²) in [5.74, 6) is 0.717. The fraction of sp³-hybridized carbons (Fsp3) is 0.562. The Morgan fingerprint density at radius 2 is 2.00 bits per heavy atom. The third-order valence-corrected chi connectivity index (χ3v) is 4.39. The number of nitrogens with two attached hydrogens (primary N) is 1. The maximum absolute atomic E-state index is 12.5. The van der Waals surface area contributed by atoms with Gasteiger partial charge in [0.25, 0.3) is 5.91 Å². The Bertz CT molecular complexity index is 492. The van der Waals surface area contributed by atoms with Crippen LogP contribution in [0.4, 0.5) is 5.69 Å². The predicted octanol–water partition coefficient (Wildman–Crippen LogP) is 1.06. The van der Waals surface area contributed by atoms with Crippen molar-refractivity contribution in [1.82, 2.24) is 9.80 Å². The molecule has 1 unspecified atom stereocenters. The summed E-state index contributed by atoms with van der Waals surface area (Å²) in [4.78, 5) is 16.8. The highest BCUT2D eigenvalue weighted by Crippen LogP contribution is 2.17. The van der Waals surface area contributed by atoms with Crippen LogP contribution in [-0.2, 0) is 4.74 Å². The second-order valence-electron chi connectivity index (χ2n) is 5.91. The fourth-order valence-electron chi connectivity index (χ4n) is 3.09. The smallest absolute Gasteiger partial charge is 0.256 e. The molecule has 0 radical (unpaired) electrons. The molecule has 21 heavy (non-hydrogen) atoms. The number of benzene rings is 1. The van der Waals surface area contributed by atoms with Gasteiger partial charge in [0.2, 0.25) is 0 Å². The zero-order valence-electron chi connectivity index (χ0n) is 12.3. The first-order chi connectivity index (χ1) is 10.2. The average Bonchev–Trinajstić information content (AvgIpc) is 3.01. The van der Waals surface area contributed by atoms with E-state index in [0.29, 0.717) is 17.2 Å². The van der Waals surface area contributed by atoms with Crippen LogP contribution in [0, 0.1) is 5.92 Å². The van der Waals surface area contributed by atoms with Gasteiger partial charge in [-0.15, -0.1) is 0 Å². The van der Waals surface area contributed by atoms with Crippen LogP contribution in [0.5, 0.6) is 0 Å². The van der Waals surface area contributed by atoms with Crippen LogP contribution in [-0.4, -0.2) is 61.6 Å². The summed E-state index contributed by atoms with van der Waals surface area (Å²) >= 11 is 0. The van der Waals surface area contributed by atoms with E-state index in [1.807, 2.05) is 17.0 Å². The molecule has 0 saturated carbocycles. The van der Waals surface area contributed by atoms with Crippen LogP contribution in [0.3, 0.4) is 0 Å². The molecule has 1 aromatic carbocycles. The quantitative estimate of drug-likeness (QED) is 0.846. The lowest BCUT2D eigenvalue weighted by atomic mass is 10.1. The lowest BCUT2D eigenvalue weighted by molar-refractivity contribution is 0.0612. The zero-order chi connectivity index (χ0) is 14.7. The summed E-state index contributed by atoms with van der Waals surface area (Å²) in [6, 6.07) is 7.30. The molecule has 2 heterocycles. The molecular formula is C16H23N3O2. The Labute approximate surface area is 125 Å². The Balaban J connectivity index is 1.53. The van der Waals surface area contributed by atoms with Crippen molar-refractivity contribution in [2.24, 2.45) is 5.92 Å². The topological polar surface area (TPSA) is 58.8 Å². The van der Waals surface area contributed by atoms with E-state index < -0.39 is 0 Å². The molecule has 114 valence electrons. The molecule has 5 heteroatoms. The van der Waals surface area contributed by atoms with Crippen LogP contribution in [0.1, 0.15) is 16.8 Å². The number of amides is 1. The van der Waals surface area contributed by atoms with Gasteiger partial charge in [-0.1, -0.05) is 12.1 Å². The third kappa shape index (κ3) is 3.36. The standard InChI is InChI=1S/C16H23N3O2/c17-15-4-2-1-3-14(15)16(20)19-8-6-18(7-9-19)11-13-5-10-21-12-13/h1-4,13H,5-12,17H2. The van der Waals surface area contributed by atoms with Crippen LogP contribution in [0.15, 0.2) is 24.3 Å². The Kier molecular flexibility index (Phi) is 4.41. The van der Waals surface area contributed by atoms with E-state index in [-0.39, 0.29) is 5.91 Å². The van der Waals surface area contributed by atoms with E-state index in [4.69, 9.17) is 10.5 Å². The molecule has 1 atom stereocenters. The van der Waals surface area contributed by atoms with E-state index in [9.17, 15) is 4.79 Å². The molecule has 2 aliphatic rings. The highest BCUT2D eigenvalue weighted by molar-refractivity contribution is 5.99. The van der Waals surface area contributed by atoms with Gasteiger partial charge in [-0.05, 0) is 24.5 Å². The molecule has 5 nitrogen and oxygen atoms in total. The predicted molar refractivity (Wildman–Crippen MR) is 82.1 cm³/mol. The number of nitrogen functional groups attached to an aromatic ring is 1. The molecule has 0 aliphatic carbocycles. The summed E-state index contributed by atoms with van der Waals surface area (Å²) in [5, 5.41) is 0. The van der Waals surface area contributed by atoms with Crippen molar-refractivity contribution in [1.29, 1.82) is 0 Å². The van der Waals surface area contributed by atoms with Crippen molar-refractivity contribution in [3.63, 3.8) is 0 Å². The molecule has 2 aliphatic heterocycles. The number of hydrogen-bond acceptors (Lipinski definition) is 4. The van der Waals surface area contributed by atoms with Crippen LogP contribution < -0.4 is 5.73 Å². The summed E-state index contributed by atoms with van der Waals surface area (Å²) in [5.41, 5.74) is 7.08. The molecule has 1 aromatic rings. The number of carbonyl (C=O) groups is 1. The third-order valence-electron chi connectivity index (χ3n) is 4.39. The number of hydrogen-bond donors (Lipinski definition) is 1. The minimum absolute atomic E-state index is 0.0527. The summed E-state index contributed by atoms with van der Waals surface area (Å²) in [6.07, 6.45) is 1.17. The number of nitrogens with zero attached hydrogens (tertiary/aromatic N) is 2. The van der Waals surface area contributed by atoms with E-state index in [0.717, 1.165) is 45.9 Å². The van der Waals surface area contributed by atoms with Gasteiger partial charge in [-0.3, -0.25) is 9.69 Å². The van der Waals surface area contributed by atoms with Crippen molar-refractivity contribution in [2.75, 3.05) is 51.7 Å². The lowest BCUT2D eigenvalue weighted by Crippen LogP contribution is -2.49. The van der Waals surface area contributed by atoms with Gasteiger partial charge >= 0.3 is 0 Å². The van der Waals surface area contributed by atoms with Crippen molar-refractivity contribution < 1.29 is 9.53 Å². The van der Waals surface area contributed by atoms with Crippen molar-refractivity contribution in [2.45, 2.75) is 6.42 Å². The number of ether oxygens (including phenoxy) is 1. The number of para-hydroxylation sites is 1. The van der Waals surface area contributed by atoms with E-state index in [2.05, 4.69) is 4.90 Å². The van der Waals surface area contributed by atoms with E-state index in [1.54, 1.807) is 12.1 Å². The molecular weight excluding hydrogens is 266 g/mol. The van der Waals surface area contributed by atoms with Crippen molar-refractivity contribution in [3.05, 3.63) is 29.8 Å². The normalized spacial score (nSPS) is 23.4. The second-order valence-corrected chi connectivity index (χ2v) is 5.91. The molecule has 0 spiro atoms. The average molecular weight is 289 g/mol. The fourth-order valence-corrected chi connectivity index (χ4v) is 3.09.